The Kier molecular flexibility index (Phi) is 5.58. The zero-order valence-electron chi connectivity index (χ0n) is 13.6. The van der Waals surface area contributed by atoms with Crippen molar-refractivity contribution in [3.05, 3.63) is 34.9 Å². The Morgan fingerprint density at radius 2 is 1.91 bits per heavy atom. The minimum atomic E-state index is -0.449. The first kappa shape index (κ1) is 16.5. The van der Waals surface area contributed by atoms with Gasteiger partial charge >= 0.3 is 5.97 Å². The van der Waals surface area contributed by atoms with Crippen LogP contribution in [0.1, 0.15) is 54.1 Å². The van der Waals surface area contributed by atoms with Gasteiger partial charge < -0.3 is 10.1 Å². The number of esters is 1. The fourth-order valence-corrected chi connectivity index (χ4v) is 2.86. The summed E-state index contributed by atoms with van der Waals surface area (Å²) in [5.41, 5.74) is 2.65. The summed E-state index contributed by atoms with van der Waals surface area (Å²) in [5.74, 6) is -0.168. The fourth-order valence-electron chi connectivity index (χ4n) is 2.86. The van der Waals surface area contributed by atoms with Crippen molar-refractivity contribution in [1.82, 2.24) is 5.32 Å². The number of amides is 1. The van der Waals surface area contributed by atoms with Gasteiger partial charge in [-0.25, -0.2) is 4.79 Å². The van der Waals surface area contributed by atoms with Gasteiger partial charge in [0.25, 0.3) is 5.91 Å². The zero-order valence-corrected chi connectivity index (χ0v) is 13.6. The van der Waals surface area contributed by atoms with E-state index in [1.54, 1.807) is 12.1 Å². The molecule has 4 heteroatoms. The van der Waals surface area contributed by atoms with Crippen LogP contribution in [0.3, 0.4) is 0 Å². The van der Waals surface area contributed by atoms with Crippen molar-refractivity contribution < 1.29 is 14.3 Å². The van der Waals surface area contributed by atoms with E-state index in [-0.39, 0.29) is 18.6 Å². The lowest BCUT2D eigenvalue weighted by Gasteiger charge is -2.29. The second-order valence-electron chi connectivity index (χ2n) is 6.31. The highest BCUT2D eigenvalue weighted by atomic mass is 16.5. The molecular weight excluding hydrogens is 278 g/mol. The van der Waals surface area contributed by atoms with Gasteiger partial charge in [-0.05, 0) is 55.9 Å². The summed E-state index contributed by atoms with van der Waals surface area (Å²) in [6, 6.07) is 5.61. The number of aryl methyl sites for hydroxylation is 2. The van der Waals surface area contributed by atoms with E-state index >= 15 is 0 Å². The minimum absolute atomic E-state index is 0.210. The number of hydrogen-bond donors (Lipinski definition) is 1. The van der Waals surface area contributed by atoms with Crippen molar-refractivity contribution in [2.45, 2.75) is 52.5 Å². The first-order valence-electron chi connectivity index (χ1n) is 8.01. The predicted octanol–water partition coefficient (Wildman–Crippen LogP) is 3.16. The monoisotopic (exact) mass is 303 g/mol. The molecule has 1 amide bonds. The molecule has 1 N–H and O–H groups in total. The first-order valence-corrected chi connectivity index (χ1v) is 8.01. The summed E-state index contributed by atoms with van der Waals surface area (Å²) in [5, 5.41) is 2.98. The van der Waals surface area contributed by atoms with E-state index in [0.717, 1.165) is 30.4 Å². The molecule has 0 aromatic heterocycles. The molecule has 1 aliphatic rings. The largest absolute Gasteiger partial charge is 0.452 e. The smallest absolute Gasteiger partial charge is 0.338 e. The predicted molar refractivity (Wildman–Crippen MR) is 85.8 cm³/mol. The van der Waals surface area contributed by atoms with Crippen LogP contribution in [0.5, 0.6) is 0 Å². The summed E-state index contributed by atoms with van der Waals surface area (Å²) in [7, 11) is 0. The van der Waals surface area contributed by atoms with E-state index in [2.05, 4.69) is 12.2 Å². The van der Waals surface area contributed by atoms with E-state index in [4.69, 9.17) is 4.74 Å². The van der Waals surface area contributed by atoms with Crippen LogP contribution in [0.15, 0.2) is 18.2 Å². The molecule has 1 aromatic rings. The van der Waals surface area contributed by atoms with Gasteiger partial charge in [-0.1, -0.05) is 25.8 Å². The average Bonchev–Trinajstić information content (AvgIpc) is 2.50. The van der Waals surface area contributed by atoms with Gasteiger partial charge in [0.2, 0.25) is 0 Å². The number of carbonyl (C=O) groups is 2. The molecule has 0 heterocycles. The van der Waals surface area contributed by atoms with Gasteiger partial charge in [-0.3, -0.25) is 4.79 Å². The molecule has 1 saturated carbocycles. The number of nitrogens with one attached hydrogen (secondary N) is 1. The molecule has 120 valence electrons. The Morgan fingerprint density at radius 3 is 2.59 bits per heavy atom. The summed E-state index contributed by atoms with van der Waals surface area (Å²) in [6.07, 6.45) is 4.54. The zero-order chi connectivity index (χ0) is 16.1. The Bertz CT molecular complexity index is 553. The van der Waals surface area contributed by atoms with Crippen LogP contribution in [0.25, 0.3) is 0 Å². The van der Waals surface area contributed by atoms with Crippen LogP contribution in [0, 0.1) is 19.8 Å². The maximum atomic E-state index is 12.0. The topological polar surface area (TPSA) is 55.4 Å². The number of rotatable bonds is 4. The standard InChI is InChI=1S/C18H25NO3/c1-12-8-9-15(10-14(12)3)18(21)22-11-17(20)19-16-7-5-4-6-13(16)2/h8-10,13,16H,4-7,11H2,1-3H3,(H,19,20). The highest BCUT2D eigenvalue weighted by molar-refractivity contribution is 5.91. The quantitative estimate of drug-likeness (QED) is 0.869. The second kappa shape index (κ2) is 7.43. The molecule has 1 fully saturated rings. The third-order valence-electron chi connectivity index (χ3n) is 4.53. The van der Waals surface area contributed by atoms with E-state index in [1.165, 1.54) is 6.42 Å². The highest BCUT2D eigenvalue weighted by Crippen LogP contribution is 2.23. The number of hydrogen-bond acceptors (Lipinski definition) is 3. The first-order chi connectivity index (χ1) is 10.5. The van der Waals surface area contributed by atoms with Gasteiger partial charge in [-0.15, -0.1) is 0 Å². The Labute approximate surface area is 132 Å². The Hall–Kier alpha value is -1.84. The molecular formula is C18H25NO3. The molecule has 4 nitrogen and oxygen atoms in total. The van der Waals surface area contributed by atoms with Crippen LogP contribution < -0.4 is 5.32 Å². The lowest BCUT2D eigenvalue weighted by molar-refractivity contribution is -0.125. The van der Waals surface area contributed by atoms with E-state index < -0.39 is 5.97 Å². The van der Waals surface area contributed by atoms with Crippen LogP contribution in [0.2, 0.25) is 0 Å². The summed E-state index contributed by atoms with van der Waals surface area (Å²) in [6.45, 7) is 5.88. The van der Waals surface area contributed by atoms with Gasteiger partial charge in [0.15, 0.2) is 6.61 Å². The molecule has 0 radical (unpaired) electrons. The van der Waals surface area contributed by atoms with Gasteiger partial charge in [0.05, 0.1) is 5.56 Å². The normalized spacial score (nSPS) is 21.2. The maximum absolute atomic E-state index is 12.0. The van der Waals surface area contributed by atoms with Crippen LogP contribution in [0.4, 0.5) is 0 Å². The second-order valence-corrected chi connectivity index (χ2v) is 6.31. The third kappa shape index (κ3) is 4.33. The average molecular weight is 303 g/mol. The van der Waals surface area contributed by atoms with E-state index in [1.807, 2.05) is 19.9 Å². The van der Waals surface area contributed by atoms with Crippen LogP contribution >= 0.6 is 0 Å². The molecule has 2 unspecified atom stereocenters. The molecule has 0 spiro atoms. The molecule has 2 atom stereocenters. The molecule has 2 rings (SSSR count). The molecule has 0 aliphatic heterocycles. The van der Waals surface area contributed by atoms with Crippen molar-refractivity contribution >= 4 is 11.9 Å². The third-order valence-corrected chi connectivity index (χ3v) is 4.53. The number of ether oxygens (including phenoxy) is 1. The van der Waals surface area contributed by atoms with Crippen molar-refractivity contribution in [3.8, 4) is 0 Å². The van der Waals surface area contributed by atoms with Crippen LogP contribution in [-0.4, -0.2) is 24.5 Å². The van der Waals surface area contributed by atoms with Gasteiger partial charge in [0, 0.05) is 6.04 Å². The van der Waals surface area contributed by atoms with Crippen molar-refractivity contribution in [2.75, 3.05) is 6.61 Å². The molecule has 0 bridgehead atoms. The number of benzene rings is 1. The Morgan fingerprint density at radius 1 is 1.18 bits per heavy atom. The lowest BCUT2D eigenvalue weighted by atomic mass is 9.86. The van der Waals surface area contributed by atoms with Crippen molar-refractivity contribution in [2.24, 2.45) is 5.92 Å². The van der Waals surface area contributed by atoms with Crippen LogP contribution in [-0.2, 0) is 9.53 Å². The van der Waals surface area contributed by atoms with E-state index in [0.29, 0.717) is 11.5 Å². The molecule has 0 saturated heterocycles. The molecule has 1 aliphatic carbocycles. The maximum Gasteiger partial charge on any atom is 0.338 e. The van der Waals surface area contributed by atoms with Gasteiger partial charge in [0.1, 0.15) is 0 Å². The van der Waals surface area contributed by atoms with Crippen molar-refractivity contribution in [1.29, 1.82) is 0 Å². The van der Waals surface area contributed by atoms with E-state index in [9.17, 15) is 9.59 Å². The lowest BCUT2D eigenvalue weighted by Crippen LogP contribution is -2.42. The minimum Gasteiger partial charge on any atom is -0.452 e. The molecule has 1 aromatic carbocycles. The summed E-state index contributed by atoms with van der Waals surface area (Å²) in [4.78, 5) is 23.9. The SMILES string of the molecule is Cc1ccc(C(=O)OCC(=O)NC2CCCCC2C)cc1C. The summed E-state index contributed by atoms with van der Waals surface area (Å²) < 4.78 is 5.11. The Balaban J connectivity index is 1.82. The van der Waals surface area contributed by atoms with Gasteiger partial charge in [-0.2, -0.15) is 0 Å². The fraction of sp³-hybridized carbons (Fsp3) is 0.556. The highest BCUT2D eigenvalue weighted by Gasteiger charge is 2.23. The van der Waals surface area contributed by atoms with Crippen molar-refractivity contribution in [3.63, 3.8) is 0 Å². The molecule has 22 heavy (non-hydrogen) atoms. The summed E-state index contributed by atoms with van der Waals surface area (Å²) >= 11 is 0. The number of carbonyl (C=O) groups excluding carboxylic acids is 2.